The van der Waals surface area contributed by atoms with Gasteiger partial charge in [0.25, 0.3) is 0 Å². The van der Waals surface area contributed by atoms with E-state index in [0.29, 0.717) is 22.1 Å². The third kappa shape index (κ3) is 2.38. The Morgan fingerprint density at radius 2 is 1.69 bits per heavy atom. The van der Waals surface area contributed by atoms with Gasteiger partial charge in [-0.15, -0.1) is 0 Å². The summed E-state index contributed by atoms with van der Waals surface area (Å²) in [7, 11) is 0. The molecule has 0 aromatic heterocycles. The number of hydrogen-bond acceptors (Lipinski definition) is 4. The molecular formula is C20H12F2O4. The average molecular weight is 354 g/mol. The van der Waals surface area contributed by atoms with Crippen LogP contribution in [0.4, 0.5) is 8.78 Å². The number of phenolic OH excluding ortho intramolecular Hbond substituents is 2. The van der Waals surface area contributed by atoms with E-state index in [9.17, 15) is 23.8 Å². The van der Waals surface area contributed by atoms with E-state index in [1.165, 1.54) is 12.1 Å². The van der Waals surface area contributed by atoms with Crippen molar-refractivity contribution in [3.8, 4) is 33.9 Å². The molecule has 1 heterocycles. The standard InChI is InChI=1S/C20H12F2O4/c1-9-4-10(23)2-3-11(9)20-12-5-14(21)16(24)7-18(12)26-19-8-17(25)15(22)6-13(19)20/h2-8,23-24H,1H3. The normalized spacial score (nSPS) is 11.3. The van der Waals surface area contributed by atoms with Gasteiger partial charge in [-0.25, -0.2) is 8.78 Å². The first-order valence-corrected chi connectivity index (χ1v) is 7.73. The zero-order chi connectivity index (χ0) is 18.6. The molecule has 2 aromatic rings. The first-order chi connectivity index (χ1) is 12.3. The van der Waals surface area contributed by atoms with E-state index in [-0.39, 0.29) is 22.7 Å². The van der Waals surface area contributed by atoms with Crippen LogP contribution in [0.3, 0.4) is 0 Å². The van der Waals surface area contributed by atoms with Crippen molar-refractivity contribution in [3.63, 3.8) is 0 Å². The maximum absolute atomic E-state index is 14.0. The topological polar surface area (TPSA) is 70.7 Å². The molecule has 26 heavy (non-hydrogen) atoms. The Labute approximate surface area is 145 Å². The summed E-state index contributed by atoms with van der Waals surface area (Å²) < 4.78 is 33.5. The molecule has 2 aromatic carbocycles. The van der Waals surface area contributed by atoms with E-state index in [1.54, 1.807) is 13.0 Å². The van der Waals surface area contributed by atoms with Crippen LogP contribution in [0.2, 0.25) is 0 Å². The Balaban J connectivity index is 2.25. The molecule has 0 fully saturated rings. The van der Waals surface area contributed by atoms with Crippen molar-refractivity contribution >= 4 is 11.0 Å². The van der Waals surface area contributed by atoms with Crippen molar-refractivity contribution in [3.05, 3.63) is 69.9 Å². The van der Waals surface area contributed by atoms with Gasteiger partial charge >= 0.3 is 0 Å². The summed E-state index contributed by atoms with van der Waals surface area (Å²) in [5.41, 5.74) is 1.31. The van der Waals surface area contributed by atoms with E-state index in [0.717, 1.165) is 24.3 Å². The van der Waals surface area contributed by atoms with Crippen LogP contribution in [-0.2, 0) is 0 Å². The van der Waals surface area contributed by atoms with Gasteiger partial charge in [-0.3, -0.25) is 4.79 Å². The van der Waals surface area contributed by atoms with Crippen molar-refractivity contribution in [1.82, 2.24) is 0 Å². The lowest BCUT2D eigenvalue weighted by Crippen LogP contribution is -2.06. The number of aromatic hydroxyl groups is 2. The van der Waals surface area contributed by atoms with Crippen LogP contribution in [0.15, 0.2) is 51.7 Å². The van der Waals surface area contributed by atoms with E-state index >= 15 is 0 Å². The van der Waals surface area contributed by atoms with Crippen LogP contribution >= 0.6 is 0 Å². The summed E-state index contributed by atoms with van der Waals surface area (Å²) in [6, 6.07) is 8.87. The Morgan fingerprint density at radius 1 is 0.923 bits per heavy atom. The predicted molar refractivity (Wildman–Crippen MR) is 92.5 cm³/mol. The van der Waals surface area contributed by atoms with Gasteiger partial charge in [-0.2, -0.15) is 0 Å². The SMILES string of the molecule is Cc1cc(O)ccc1-c1c2cc(F)c(=O)cc-2oc2cc(O)c(F)cc12. The number of benzene rings is 3. The summed E-state index contributed by atoms with van der Waals surface area (Å²) in [5.74, 6) is -2.25. The highest BCUT2D eigenvalue weighted by Crippen LogP contribution is 2.43. The molecular weight excluding hydrogens is 342 g/mol. The fourth-order valence-corrected chi connectivity index (χ4v) is 3.12. The number of aryl methyl sites for hydroxylation is 1. The summed E-state index contributed by atoms with van der Waals surface area (Å²) >= 11 is 0. The van der Waals surface area contributed by atoms with Gasteiger partial charge in [0.1, 0.15) is 17.1 Å². The molecule has 0 spiro atoms. The van der Waals surface area contributed by atoms with Crippen molar-refractivity contribution in [1.29, 1.82) is 0 Å². The summed E-state index contributed by atoms with van der Waals surface area (Å²) in [6.45, 7) is 1.74. The van der Waals surface area contributed by atoms with Crippen molar-refractivity contribution in [2.24, 2.45) is 0 Å². The molecule has 0 bridgehead atoms. The second-order valence-corrected chi connectivity index (χ2v) is 6.05. The molecule has 6 heteroatoms. The molecule has 0 saturated heterocycles. The second kappa shape index (κ2) is 5.56. The molecule has 1 aliphatic carbocycles. The van der Waals surface area contributed by atoms with Crippen molar-refractivity contribution < 1.29 is 23.4 Å². The molecule has 4 nitrogen and oxygen atoms in total. The monoisotopic (exact) mass is 354 g/mol. The minimum Gasteiger partial charge on any atom is -0.508 e. The highest BCUT2D eigenvalue weighted by atomic mass is 19.1. The molecule has 0 atom stereocenters. The van der Waals surface area contributed by atoms with E-state index in [1.807, 2.05) is 0 Å². The zero-order valence-corrected chi connectivity index (χ0v) is 13.5. The smallest absolute Gasteiger partial charge is 0.217 e. The molecule has 130 valence electrons. The summed E-state index contributed by atoms with van der Waals surface area (Å²) in [5, 5.41) is 19.6. The van der Waals surface area contributed by atoms with Gasteiger partial charge in [0, 0.05) is 28.6 Å². The maximum atomic E-state index is 14.0. The second-order valence-electron chi connectivity index (χ2n) is 6.05. The number of hydrogen-bond donors (Lipinski definition) is 2. The van der Waals surface area contributed by atoms with Gasteiger partial charge in [0.05, 0.1) is 0 Å². The molecule has 2 N–H and O–H groups in total. The Kier molecular flexibility index (Phi) is 3.44. The average Bonchev–Trinajstić information content (AvgIpc) is 2.57. The number of halogens is 2. The molecule has 2 aliphatic rings. The first-order valence-electron chi connectivity index (χ1n) is 7.73. The lowest BCUT2D eigenvalue weighted by Gasteiger charge is -2.17. The van der Waals surface area contributed by atoms with Crippen LogP contribution in [0.1, 0.15) is 5.56 Å². The lowest BCUT2D eigenvalue weighted by atomic mass is 9.91. The number of fused-ring (bicyclic) bond motifs is 2. The quantitative estimate of drug-likeness (QED) is 0.492. The van der Waals surface area contributed by atoms with Gasteiger partial charge < -0.3 is 14.6 Å². The third-order valence-electron chi connectivity index (χ3n) is 4.32. The predicted octanol–water partition coefficient (Wildman–Crippen LogP) is 4.56. The van der Waals surface area contributed by atoms with Crippen LogP contribution in [-0.4, -0.2) is 10.2 Å². The van der Waals surface area contributed by atoms with E-state index in [4.69, 9.17) is 4.42 Å². The van der Waals surface area contributed by atoms with Crippen LogP contribution in [0, 0.1) is 18.6 Å². The summed E-state index contributed by atoms with van der Waals surface area (Å²) in [4.78, 5) is 11.7. The Hall–Kier alpha value is -3.41. The van der Waals surface area contributed by atoms with Gasteiger partial charge in [-0.05, 0) is 42.3 Å². The highest BCUT2D eigenvalue weighted by Gasteiger charge is 2.22. The fourth-order valence-electron chi connectivity index (χ4n) is 3.12. The van der Waals surface area contributed by atoms with Gasteiger partial charge in [0.15, 0.2) is 17.4 Å². The minimum atomic E-state index is -0.955. The third-order valence-corrected chi connectivity index (χ3v) is 4.32. The van der Waals surface area contributed by atoms with Crippen LogP contribution < -0.4 is 5.43 Å². The molecule has 0 radical (unpaired) electrons. The number of rotatable bonds is 1. The van der Waals surface area contributed by atoms with Crippen molar-refractivity contribution in [2.45, 2.75) is 6.92 Å². The molecule has 0 amide bonds. The highest BCUT2D eigenvalue weighted by molar-refractivity contribution is 6.02. The zero-order valence-electron chi connectivity index (χ0n) is 13.5. The van der Waals surface area contributed by atoms with Gasteiger partial charge in [0.2, 0.25) is 5.43 Å². The largest absolute Gasteiger partial charge is 0.508 e. The van der Waals surface area contributed by atoms with Crippen molar-refractivity contribution in [2.75, 3.05) is 0 Å². The number of phenols is 2. The van der Waals surface area contributed by atoms with E-state index in [2.05, 4.69) is 0 Å². The minimum absolute atomic E-state index is 0.0531. The van der Waals surface area contributed by atoms with Crippen LogP contribution in [0.25, 0.3) is 33.4 Å². The van der Waals surface area contributed by atoms with Gasteiger partial charge in [-0.1, -0.05) is 6.07 Å². The Morgan fingerprint density at radius 3 is 2.42 bits per heavy atom. The molecule has 0 unspecified atom stereocenters. The van der Waals surface area contributed by atoms with Crippen LogP contribution in [0.5, 0.6) is 11.5 Å². The lowest BCUT2D eigenvalue weighted by molar-refractivity contribution is 0.432. The molecule has 4 rings (SSSR count). The fraction of sp³-hybridized carbons (Fsp3) is 0.0500. The first kappa shape index (κ1) is 16.1. The summed E-state index contributed by atoms with van der Waals surface area (Å²) in [6.07, 6.45) is 0. The maximum Gasteiger partial charge on any atom is 0.217 e. The van der Waals surface area contributed by atoms with E-state index < -0.39 is 22.8 Å². The Bertz CT molecular complexity index is 1210. The molecule has 0 saturated carbocycles. The molecule has 1 aliphatic heterocycles.